The molecule has 1 unspecified atom stereocenters. The van der Waals surface area contributed by atoms with Crippen molar-refractivity contribution in [3.05, 3.63) is 83.4 Å². The first-order chi connectivity index (χ1) is 15.6. The van der Waals surface area contributed by atoms with E-state index in [1.807, 2.05) is 53.0 Å². The maximum Gasteiger partial charge on any atom is 0.237 e. The van der Waals surface area contributed by atoms with Crippen molar-refractivity contribution in [2.24, 2.45) is 0 Å². The predicted molar refractivity (Wildman–Crippen MR) is 123 cm³/mol. The lowest BCUT2D eigenvalue weighted by Gasteiger charge is -2.25. The molecule has 0 bridgehead atoms. The Morgan fingerprint density at radius 3 is 2.59 bits per heavy atom. The van der Waals surface area contributed by atoms with Crippen molar-refractivity contribution in [3.63, 3.8) is 0 Å². The lowest BCUT2D eigenvalue weighted by molar-refractivity contribution is -0.132. The highest BCUT2D eigenvalue weighted by atomic mass is 16.5. The second-order valence-corrected chi connectivity index (χ2v) is 8.32. The van der Waals surface area contributed by atoms with Crippen LogP contribution >= 0.6 is 0 Å². The number of ether oxygens (including phenoxy) is 1. The molecule has 4 rings (SSSR count). The lowest BCUT2D eigenvalue weighted by Crippen LogP contribution is -2.37. The van der Waals surface area contributed by atoms with Gasteiger partial charge in [-0.2, -0.15) is 5.10 Å². The SMILES string of the molecule is CCn1cc(CN2CC(=O)N(Cc3cccnc3)CC(OCc3ccccc3)C2)c(C)n1. The summed E-state index contributed by atoms with van der Waals surface area (Å²) in [7, 11) is 0. The number of amides is 1. The average molecular weight is 434 g/mol. The highest BCUT2D eigenvalue weighted by Gasteiger charge is 2.29. The third kappa shape index (κ3) is 5.81. The van der Waals surface area contributed by atoms with Crippen LogP contribution in [0, 0.1) is 6.92 Å². The van der Waals surface area contributed by atoms with Crippen molar-refractivity contribution in [1.82, 2.24) is 24.6 Å². The van der Waals surface area contributed by atoms with Crippen molar-refractivity contribution >= 4 is 5.91 Å². The third-order valence-corrected chi connectivity index (χ3v) is 5.79. The summed E-state index contributed by atoms with van der Waals surface area (Å²) in [6.45, 7) is 8.31. The van der Waals surface area contributed by atoms with E-state index in [1.165, 1.54) is 0 Å². The Bertz CT molecular complexity index is 1010. The second-order valence-electron chi connectivity index (χ2n) is 8.32. The number of pyridine rings is 1. The molecule has 1 fully saturated rings. The fourth-order valence-electron chi connectivity index (χ4n) is 4.05. The number of hydrogen-bond donors (Lipinski definition) is 0. The zero-order chi connectivity index (χ0) is 22.3. The van der Waals surface area contributed by atoms with Gasteiger partial charge in [-0.3, -0.25) is 19.4 Å². The van der Waals surface area contributed by atoms with Crippen LogP contribution in [0.5, 0.6) is 0 Å². The first kappa shape index (κ1) is 22.2. The summed E-state index contributed by atoms with van der Waals surface area (Å²) in [6.07, 6.45) is 5.57. The van der Waals surface area contributed by atoms with Gasteiger partial charge in [0.2, 0.25) is 5.91 Å². The Morgan fingerprint density at radius 1 is 1.06 bits per heavy atom. The van der Waals surface area contributed by atoms with Gasteiger partial charge in [0.15, 0.2) is 0 Å². The molecule has 0 N–H and O–H groups in total. The van der Waals surface area contributed by atoms with Crippen LogP contribution in [0.1, 0.15) is 29.3 Å². The molecule has 168 valence electrons. The van der Waals surface area contributed by atoms with Gasteiger partial charge in [0.25, 0.3) is 0 Å². The molecule has 1 atom stereocenters. The number of carbonyl (C=O) groups excluding carboxylic acids is 1. The van der Waals surface area contributed by atoms with Crippen LogP contribution in [0.2, 0.25) is 0 Å². The molecule has 7 heteroatoms. The minimum atomic E-state index is -0.0835. The molecule has 0 radical (unpaired) electrons. The summed E-state index contributed by atoms with van der Waals surface area (Å²) in [4.78, 5) is 21.5. The highest BCUT2D eigenvalue weighted by molar-refractivity contribution is 5.78. The summed E-state index contributed by atoms with van der Waals surface area (Å²) < 4.78 is 8.26. The van der Waals surface area contributed by atoms with Gasteiger partial charge in [-0.05, 0) is 31.0 Å². The molecule has 1 aromatic carbocycles. The predicted octanol–water partition coefficient (Wildman–Crippen LogP) is 3.04. The molecule has 1 aliphatic heterocycles. The number of aromatic nitrogens is 3. The molecular weight excluding hydrogens is 402 g/mol. The van der Waals surface area contributed by atoms with Gasteiger partial charge < -0.3 is 9.64 Å². The second kappa shape index (κ2) is 10.5. The van der Waals surface area contributed by atoms with E-state index in [-0.39, 0.29) is 12.0 Å². The van der Waals surface area contributed by atoms with Crippen LogP contribution in [-0.4, -0.2) is 56.2 Å². The Morgan fingerprint density at radius 2 is 1.88 bits per heavy atom. The number of benzene rings is 1. The molecule has 1 aliphatic rings. The zero-order valence-electron chi connectivity index (χ0n) is 18.9. The molecule has 32 heavy (non-hydrogen) atoms. The number of rotatable bonds is 8. The Hall–Kier alpha value is -3.03. The largest absolute Gasteiger partial charge is 0.370 e. The van der Waals surface area contributed by atoms with Crippen molar-refractivity contribution in [2.75, 3.05) is 19.6 Å². The number of hydrogen-bond acceptors (Lipinski definition) is 5. The number of aryl methyl sites for hydroxylation is 2. The van der Waals surface area contributed by atoms with Gasteiger partial charge in [0, 0.05) is 56.9 Å². The van der Waals surface area contributed by atoms with E-state index in [0.29, 0.717) is 39.3 Å². The topological polar surface area (TPSA) is 63.5 Å². The van der Waals surface area contributed by atoms with Crippen LogP contribution in [0.15, 0.2) is 61.1 Å². The fraction of sp³-hybridized carbons (Fsp3) is 0.400. The normalized spacial score (nSPS) is 17.5. The van der Waals surface area contributed by atoms with E-state index in [2.05, 4.69) is 40.2 Å². The summed E-state index contributed by atoms with van der Waals surface area (Å²) in [5.74, 6) is 0.111. The molecule has 1 amide bonds. The van der Waals surface area contributed by atoms with E-state index in [1.54, 1.807) is 6.20 Å². The molecule has 7 nitrogen and oxygen atoms in total. The number of nitrogens with zero attached hydrogens (tertiary/aromatic N) is 5. The highest BCUT2D eigenvalue weighted by Crippen LogP contribution is 2.17. The van der Waals surface area contributed by atoms with Gasteiger partial charge in [-0.1, -0.05) is 36.4 Å². The van der Waals surface area contributed by atoms with Crippen LogP contribution in [-0.2, 0) is 35.8 Å². The monoisotopic (exact) mass is 433 g/mol. The molecule has 0 spiro atoms. The first-order valence-electron chi connectivity index (χ1n) is 11.2. The molecule has 0 aliphatic carbocycles. The standard InChI is InChI=1S/C25H31N5O2/c1-3-30-15-23(20(2)27-30)14-28-16-24(32-19-21-8-5-4-6-9-21)17-29(25(31)18-28)13-22-10-7-11-26-12-22/h4-12,15,24H,3,13-14,16-19H2,1-2H3. The van der Waals surface area contributed by atoms with E-state index < -0.39 is 0 Å². The maximum absolute atomic E-state index is 13.2. The quantitative estimate of drug-likeness (QED) is 0.546. The summed E-state index contributed by atoms with van der Waals surface area (Å²) in [5.41, 5.74) is 4.32. The zero-order valence-corrected chi connectivity index (χ0v) is 18.9. The van der Waals surface area contributed by atoms with Crippen LogP contribution in [0.3, 0.4) is 0 Å². The Kier molecular flexibility index (Phi) is 7.29. The summed E-state index contributed by atoms with van der Waals surface area (Å²) >= 11 is 0. The molecular formula is C25H31N5O2. The maximum atomic E-state index is 13.2. The van der Waals surface area contributed by atoms with Gasteiger partial charge in [-0.15, -0.1) is 0 Å². The van der Waals surface area contributed by atoms with Gasteiger partial charge in [-0.25, -0.2) is 0 Å². The molecule has 2 aromatic heterocycles. The average Bonchev–Trinajstić information content (AvgIpc) is 3.09. The lowest BCUT2D eigenvalue weighted by atomic mass is 10.2. The molecule has 3 heterocycles. The van der Waals surface area contributed by atoms with Crippen LogP contribution in [0.4, 0.5) is 0 Å². The van der Waals surface area contributed by atoms with Gasteiger partial charge in [0.05, 0.1) is 24.9 Å². The van der Waals surface area contributed by atoms with E-state index in [9.17, 15) is 4.79 Å². The molecule has 3 aromatic rings. The van der Waals surface area contributed by atoms with Gasteiger partial charge >= 0.3 is 0 Å². The molecule has 1 saturated heterocycles. The van der Waals surface area contributed by atoms with E-state index >= 15 is 0 Å². The Labute approximate surface area is 189 Å². The summed E-state index contributed by atoms with van der Waals surface area (Å²) in [5, 5.41) is 4.56. The van der Waals surface area contributed by atoms with Crippen molar-refractivity contribution in [3.8, 4) is 0 Å². The van der Waals surface area contributed by atoms with Crippen molar-refractivity contribution in [2.45, 2.75) is 46.2 Å². The Balaban J connectivity index is 1.50. The molecule has 0 saturated carbocycles. The minimum Gasteiger partial charge on any atom is -0.370 e. The first-order valence-corrected chi connectivity index (χ1v) is 11.2. The van der Waals surface area contributed by atoms with Crippen molar-refractivity contribution in [1.29, 1.82) is 0 Å². The van der Waals surface area contributed by atoms with E-state index in [4.69, 9.17) is 4.74 Å². The van der Waals surface area contributed by atoms with Gasteiger partial charge in [0.1, 0.15) is 0 Å². The van der Waals surface area contributed by atoms with E-state index in [0.717, 1.165) is 28.9 Å². The minimum absolute atomic E-state index is 0.0835. The van der Waals surface area contributed by atoms with Crippen LogP contribution < -0.4 is 0 Å². The third-order valence-electron chi connectivity index (χ3n) is 5.79. The smallest absolute Gasteiger partial charge is 0.237 e. The van der Waals surface area contributed by atoms with Crippen molar-refractivity contribution < 1.29 is 9.53 Å². The van der Waals surface area contributed by atoms with Crippen LogP contribution in [0.25, 0.3) is 0 Å². The fourth-order valence-corrected chi connectivity index (χ4v) is 4.05. The number of carbonyl (C=O) groups is 1. The summed E-state index contributed by atoms with van der Waals surface area (Å²) in [6, 6.07) is 14.1.